The summed E-state index contributed by atoms with van der Waals surface area (Å²) >= 11 is 3.31. The SMILES string of the molecule is O=C(/C=C/c1ccc(COc2cc(F)ccc2[N+](=O)[O-])o1)c1cccc(Br)c1. The van der Waals surface area contributed by atoms with Crippen LogP contribution in [-0.4, -0.2) is 10.7 Å². The number of rotatable bonds is 7. The third-order valence-corrected chi connectivity index (χ3v) is 4.17. The Balaban J connectivity index is 1.66. The van der Waals surface area contributed by atoms with Crippen molar-refractivity contribution in [1.29, 1.82) is 0 Å². The normalized spacial score (nSPS) is 10.9. The number of furan rings is 1. The highest BCUT2D eigenvalue weighted by Crippen LogP contribution is 2.28. The van der Waals surface area contributed by atoms with Gasteiger partial charge in [-0.05, 0) is 42.5 Å². The molecule has 8 heteroatoms. The average molecular weight is 446 g/mol. The summed E-state index contributed by atoms with van der Waals surface area (Å²) in [5.74, 6) is -0.243. The molecule has 0 radical (unpaired) electrons. The molecule has 0 atom stereocenters. The molecule has 0 N–H and O–H groups in total. The first-order valence-electron chi connectivity index (χ1n) is 8.06. The molecule has 28 heavy (non-hydrogen) atoms. The third-order valence-electron chi connectivity index (χ3n) is 3.68. The maximum atomic E-state index is 13.3. The van der Waals surface area contributed by atoms with Gasteiger partial charge in [-0.3, -0.25) is 14.9 Å². The molecule has 1 aromatic heterocycles. The van der Waals surface area contributed by atoms with Crippen LogP contribution in [0.1, 0.15) is 21.9 Å². The molecule has 0 saturated carbocycles. The first-order chi connectivity index (χ1) is 13.4. The van der Waals surface area contributed by atoms with Gasteiger partial charge in [-0.25, -0.2) is 4.39 Å². The molecular weight excluding hydrogens is 433 g/mol. The number of carbonyl (C=O) groups is 1. The van der Waals surface area contributed by atoms with E-state index < -0.39 is 10.7 Å². The van der Waals surface area contributed by atoms with Crippen LogP contribution in [0, 0.1) is 15.9 Å². The fraction of sp³-hybridized carbons (Fsp3) is 0.0500. The van der Waals surface area contributed by atoms with E-state index in [1.54, 1.807) is 30.3 Å². The van der Waals surface area contributed by atoms with Gasteiger partial charge in [0.25, 0.3) is 0 Å². The van der Waals surface area contributed by atoms with Crippen molar-refractivity contribution in [2.75, 3.05) is 0 Å². The van der Waals surface area contributed by atoms with Gasteiger partial charge in [-0.1, -0.05) is 28.1 Å². The smallest absolute Gasteiger partial charge is 0.311 e. The number of nitrogens with zero attached hydrogens (tertiary/aromatic N) is 1. The number of ether oxygens (including phenoxy) is 1. The quantitative estimate of drug-likeness (QED) is 0.205. The zero-order valence-corrected chi connectivity index (χ0v) is 15.9. The standard InChI is InChI=1S/C20H13BrFNO5/c21-14-3-1-2-13(10-14)19(24)9-7-16-5-6-17(28-16)12-27-20-11-15(22)4-8-18(20)23(25)26/h1-11H,12H2/b9-7+. The number of hydrogen-bond acceptors (Lipinski definition) is 5. The van der Waals surface area contributed by atoms with Crippen LogP contribution in [-0.2, 0) is 6.61 Å². The number of ketones is 1. The Morgan fingerprint density at radius 2 is 2.04 bits per heavy atom. The summed E-state index contributed by atoms with van der Waals surface area (Å²) in [5, 5.41) is 11.0. The van der Waals surface area contributed by atoms with Crippen molar-refractivity contribution in [3.63, 3.8) is 0 Å². The molecule has 0 spiro atoms. The lowest BCUT2D eigenvalue weighted by atomic mass is 10.1. The monoisotopic (exact) mass is 445 g/mol. The number of nitro groups is 1. The fourth-order valence-electron chi connectivity index (χ4n) is 2.36. The van der Waals surface area contributed by atoms with Crippen LogP contribution in [0.5, 0.6) is 5.75 Å². The van der Waals surface area contributed by atoms with Gasteiger partial charge >= 0.3 is 5.69 Å². The molecule has 0 amide bonds. The molecule has 0 unspecified atom stereocenters. The van der Waals surface area contributed by atoms with E-state index in [1.807, 2.05) is 6.07 Å². The van der Waals surface area contributed by atoms with Crippen LogP contribution in [0.15, 0.2) is 69.6 Å². The molecule has 3 rings (SSSR count). The minimum atomic E-state index is -0.654. The van der Waals surface area contributed by atoms with Crippen LogP contribution in [0.2, 0.25) is 0 Å². The van der Waals surface area contributed by atoms with Crippen molar-refractivity contribution in [3.8, 4) is 5.75 Å². The van der Waals surface area contributed by atoms with Crippen LogP contribution >= 0.6 is 15.9 Å². The predicted octanol–water partition coefficient (Wildman–Crippen LogP) is 5.56. The molecule has 6 nitrogen and oxygen atoms in total. The van der Waals surface area contributed by atoms with Gasteiger partial charge in [-0.15, -0.1) is 0 Å². The van der Waals surface area contributed by atoms with E-state index in [2.05, 4.69) is 15.9 Å². The fourth-order valence-corrected chi connectivity index (χ4v) is 2.76. The van der Waals surface area contributed by atoms with Gasteiger partial charge in [0.05, 0.1) is 4.92 Å². The second-order valence-electron chi connectivity index (χ2n) is 5.67. The van der Waals surface area contributed by atoms with E-state index in [0.717, 1.165) is 22.7 Å². The highest BCUT2D eigenvalue weighted by molar-refractivity contribution is 9.10. The summed E-state index contributed by atoms with van der Waals surface area (Å²) in [6, 6.07) is 13.2. The van der Waals surface area contributed by atoms with Gasteiger partial charge < -0.3 is 9.15 Å². The molecular formula is C20H13BrFNO5. The van der Waals surface area contributed by atoms with Crippen molar-refractivity contribution < 1.29 is 23.3 Å². The Morgan fingerprint density at radius 3 is 2.79 bits per heavy atom. The highest BCUT2D eigenvalue weighted by atomic mass is 79.9. The molecule has 1 heterocycles. The van der Waals surface area contributed by atoms with Crippen molar-refractivity contribution in [1.82, 2.24) is 0 Å². The minimum absolute atomic E-state index is 0.127. The summed E-state index contributed by atoms with van der Waals surface area (Å²) in [4.78, 5) is 22.5. The average Bonchev–Trinajstić information content (AvgIpc) is 3.12. The lowest BCUT2D eigenvalue weighted by molar-refractivity contribution is -0.386. The highest BCUT2D eigenvalue weighted by Gasteiger charge is 2.16. The number of nitro benzene ring substituents is 1. The summed E-state index contributed by atoms with van der Waals surface area (Å²) in [6.07, 6.45) is 2.89. The first kappa shape index (κ1) is 19.5. The van der Waals surface area contributed by atoms with E-state index in [-0.39, 0.29) is 23.8 Å². The molecule has 142 valence electrons. The molecule has 0 aliphatic carbocycles. The van der Waals surface area contributed by atoms with Gasteiger partial charge in [0.1, 0.15) is 23.9 Å². The van der Waals surface area contributed by atoms with Crippen LogP contribution < -0.4 is 4.74 Å². The molecule has 0 fully saturated rings. The number of allylic oxidation sites excluding steroid dienone is 1. The number of halogens is 2. The van der Waals surface area contributed by atoms with E-state index in [9.17, 15) is 19.3 Å². The Labute approximate surface area is 167 Å². The first-order valence-corrected chi connectivity index (χ1v) is 8.85. The van der Waals surface area contributed by atoms with Crippen LogP contribution in [0.3, 0.4) is 0 Å². The van der Waals surface area contributed by atoms with E-state index in [0.29, 0.717) is 17.1 Å². The van der Waals surface area contributed by atoms with E-state index in [1.165, 1.54) is 12.2 Å². The molecule has 0 aliphatic heterocycles. The zero-order valence-electron chi connectivity index (χ0n) is 14.3. The Hall–Kier alpha value is -3.26. The number of carbonyl (C=O) groups excluding carboxylic acids is 1. The maximum Gasteiger partial charge on any atom is 0.311 e. The van der Waals surface area contributed by atoms with Crippen LogP contribution in [0.4, 0.5) is 10.1 Å². The predicted molar refractivity (Wildman–Crippen MR) is 104 cm³/mol. The van der Waals surface area contributed by atoms with Gasteiger partial charge in [0.2, 0.25) is 0 Å². The van der Waals surface area contributed by atoms with Crippen molar-refractivity contribution in [3.05, 3.63) is 98.2 Å². The molecule has 0 bridgehead atoms. The minimum Gasteiger partial charge on any atom is -0.479 e. The largest absolute Gasteiger partial charge is 0.479 e. The second-order valence-corrected chi connectivity index (χ2v) is 6.59. The molecule has 2 aromatic carbocycles. The number of benzene rings is 2. The van der Waals surface area contributed by atoms with Crippen molar-refractivity contribution in [2.45, 2.75) is 6.61 Å². The van der Waals surface area contributed by atoms with Crippen molar-refractivity contribution >= 4 is 33.5 Å². The maximum absolute atomic E-state index is 13.3. The molecule has 0 aliphatic rings. The zero-order chi connectivity index (χ0) is 20.1. The van der Waals surface area contributed by atoms with E-state index >= 15 is 0 Å². The Kier molecular flexibility index (Phi) is 6.00. The summed E-state index contributed by atoms with van der Waals surface area (Å²) in [6.45, 7) is -0.127. The molecule has 0 saturated heterocycles. The second kappa shape index (κ2) is 8.62. The van der Waals surface area contributed by atoms with Gasteiger partial charge in [0, 0.05) is 22.2 Å². The Morgan fingerprint density at radius 1 is 1.21 bits per heavy atom. The van der Waals surface area contributed by atoms with Crippen LogP contribution in [0.25, 0.3) is 6.08 Å². The lowest BCUT2D eigenvalue weighted by Crippen LogP contribution is -1.99. The Bertz CT molecular complexity index is 1060. The van der Waals surface area contributed by atoms with E-state index in [4.69, 9.17) is 9.15 Å². The topological polar surface area (TPSA) is 82.6 Å². The lowest BCUT2D eigenvalue weighted by Gasteiger charge is -2.05. The molecule has 3 aromatic rings. The van der Waals surface area contributed by atoms with Gasteiger partial charge in [0.15, 0.2) is 11.5 Å². The summed E-state index contributed by atoms with van der Waals surface area (Å²) in [7, 11) is 0. The summed E-state index contributed by atoms with van der Waals surface area (Å²) in [5.41, 5.74) is 0.187. The summed E-state index contributed by atoms with van der Waals surface area (Å²) < 4.78 is 24.9. The number of hydrogen-bond donors (Lipinski definition) is 0. The van der Waals surface area contributed by atoms with Gasteiger partial charge in [-0.2, -0.15) is 0 Å². The van der Waals surface area contributed by atoms with Crippen molar-refractivity contribution in [2.24, 2.45) is 0 Å². The third kappa shape index (κ3) is 4.92.